The number of likely N-dealkylation sites (tertiary alicyclic amines) is 2. The highest BCUT2D eigenvalue weighted by atomic mass is 16.5. The van der Waals surface area contributed by atoms with E-state index in [9.17, 15) is 9.90 Å². The molecule has 2 aliphatic heterocycles. The van der Waals surface area contributed by atoms with Gasteiger partial charge in [-0.2, -0.15) is 0 Å². The van der Waals surface area contributed by atoms with Crippen LogP contribution in [0.2, 0.25) is 0 Å². The maximum absolute atomic E-state index is 12.3. The number of aliphatic hydroxyl groups excluding tert-OH is 1. The smallest absolute Gasteiger partial charge is 0.248 e. The first-order valence-electron chi connectivity index (χ1n) is 10.1. The van der Waals surface area contributed by atoms with Gasteiger partial charge >= 0.3 is 0 Å². The van der Waals surface area contributed by atoms with E-state index < -0.39 is 0 Å². The van der Waals surface area contributed by atoms with Gasteiger partial charge in [0.15, 0.2) is 0 Å². The topological polar surface area (TPSA) is 79.0 Å². The quantitative estimate of drug-likeness (QED) is 0.811. The molecular formula is C20H33N3O4. The lowest BCUT2D eigenvalue weighted by Gasteiger charge is -2.51. The van der Waals surface area contributed by atoms with Gasteiger partial charge < -0.3 is 19.3 Å². The summed E-state index contributed by atoms with van der Waals surface area (Å²) in [5, 5.41) is 14.1. The fourth-order valence-corrected chi connectivity index (χ4v) is 4.64. The van der Waals surface area contributed by atoms with Gasteiger partial charge in [0.25, 0.3) is 0 Å². The molecule has 3 rings (SSSR count). The Morgan fingerprint density at radius 1 is 1.30 bits per heavy atom. The van der Waals surface area contributed by atoms with Crippen molar-refractivity contribution >= 4 is 5.91 Å². The van der Waals surface area contributed by atoms with E-state index >= 15 is 0 Å². The first kappa shape index (κ1) is 20.3. The number of amides is 1. The summed E-state index contributed by atoms with van der Waals surface area (Å²) in [6.07, 6.45) is 3.10. The summed E-state index contributed by atoms with van der Waals surface area (Å²) >= 11 is 0. The van der Waals surface area contributed by atoms with Crippen molar-refractivity contribution < 1.29 is 19.2 Å². The lowest BCUT2D eigenvalue weighted by molar-refractivity contribution is -0.142. The van der Waals surface area contributed by atoms with Crippen molar-refractivity contribution in [1.29, 1.82) is 0 Å². The van der Waals surface area contributed by atoms with Crippen LogP contribution in [0.15, 0.2) is 4.52 Å². The van der Waals surface area contributed by atoms with E-state index in [1.54, 1.807) is 0 Å². The van der Waals surface area contributed by atoms with Crippen molar-refractivity contribution in [1.82, 2.24) is 15.0 Å². The van der Waals surface area contributed by atoms with Crippen LogP contribution >= 0.6 is 0 Å². The summed E-state index contributed by atoms with van der Waals surface area (Å²) < 4.78 is 10.6. The maximum atomic E-state index is 12.3. The number of carbonyl (C=O) groups is 1. The molecule has 2 aliphatic rings. The highest BCUT2D eigenvalue weighted by Gasteiger charge is 2.45. The molecule has 0 aliphatic carbocycles. The van der Waals surface area contributed by atoms with Gasteiger partial charge in [-0.3, -0.25) is 9.69 Å². The molecule has 1 aromatic heterocycles. The fraction of sp³-hybridized carbons (Fsp3) is 0.800. The summed E-state index contributed by atoms with van der Waals surface area (Å²) in [6, 6.07) is 0. The van der Waals surface area contributed by atoms with Gasteiger partial charge in [-0.15, -0.1) is 0 Å². The highest BCUT2D eigenvalue weighted by Crippen LogP contribution is 2.45. The monoisotopic (exact) mass is 379 g/mol. The molecule has 0 radical (unpaired) electrons. The average Bonchev–Trinajstić information content (AvgIpc) is 3.00. The van der Waals surface area contributed by atoms with E-state index in [0.29, 0.717) is 13.2 Å². The normalized spacial score (nSPS) is 23.1. The van der Waals surface area contributed by atoms with Crippen LogP contribution in [-0.2, 0) is 16.1 Å². The van der Waals surface area contributed by atoms with Crippen molar-refractivity contribution in [3.63, 3.8) is 0 Å². The molecule has 2 saturated heterocycles. The minimum Gasteiger partial charge on any atom is -0.396 e. The third kappa shape index (κ3) is 4.36. The molecule has 1 aromatic rings. The molecule has 152 valence electrons. The van der Waals surface area contributed by atoms with Gasteiger partial charge in [-0.1, -0.05) is 5.16 Å². The van der Waals surface area contributed by atoms with E-state index in [1.807, 2.05) is 25.7 Å². The third-order valence-corrected chi connectivity index (χ3v) is 6.60. The number of carbonyl (C=O) groups excluding carboxylic acids is 1. The molecular weight excluding hydrogens is 346 g/mol. The Bertz CT molecular complexity index is 618. The van der Waals surface area contributed by atoms with Gasteiger partial charge in [-0.25, -0.2) is 0 Å². The predicted molar refractivity (Wildman–Crippen MR) is 101 cm³/mol. The Morgan fingerprint density at radius 2 is 2.00 bits per heavy atom. The zero-order valence-electron chi connectivity index (χ0n) is 16.9. The third-order valence-electron chi connectivity index (χ3n) is 6.60. The Balaban J connectivity index is 1.57. The van der Waals surface area contributed by atoms with Crippen LogP contribution in [0, 0.1) is 25.2 Å². The van der Waals surface area contributed by atoms with Crippen LogP contribution in [0.1, 0.15) is 43.2 Å². The number of hydrogen-bond acceptors (Lipinski definition) is 6. The van der Waals surface area contributed by atoms with E-state index in [1.165, 1.54) is 5.56 Å². The van der Waals surface area contributed by atoms with Crippen LogP contribution in [0.25, 0.3) is 0 Å². The molecule has 2 fully saturated rings. The van der Waals surface area contributed by atoms with Gasteiger partial charge in [-0.05, 0) is 58.5 Å². The van der Waals surface area contributed by atoms with Crippen LogP contribution in [-0.4, -0.2) is 72.0 Å². The second-order valence-electron chi connectivity index (χ2n) is 8.05. The number of ether oxygens (including phenoxy) is 1. The molecule has 1 spiro atoms. The minimum absolute atomic E-state index is 0.0426. The summed E-state index contributed by atoms with van der Waals surface area (Å²) in [5.74, 6) is 1.10. The van der Waals surface area contributed by atoms with Crippen molar-refractivity contribution in [3.05, 3.63) is 17.0 Å². The summed E-state index contributed by atoms with van der Waals surface area (Å²) in [7, 11) is 0. The van der Waals surface area contributed by atoms with Gasteiger partial charge in [0.05, 0.1) is 5.69 Å². The van der Waals surface area contributed by atoms with E-state index in [2.05, 4.69) is 10.1 Å². The first-order chi connectivity index (χ1) is 13.0. The SMILES string of the molecule is CCOCC(=O)N1CCC2(CCN(Cc3c(C)noc3C)CC2)[C@H](CO)C1. The zero-order chi connectivity index (χ0) is 19.4. The number of piperidine rings is 2. The number of aryl methyl sites for hydroxylation is 2. The van der Waals surface area contributed by atoms with Crippen LogP contribution in [0.4, 0.5) is 0 Å². The van der Waals surface area contributed by atoms with Crippen LogP contribution < -0.4 is 0 Å². The van der Waals surface area contributed by atoms with E-state index in [0.717, 1.165) is 56.9 Å². The largest absolute Gasteiger partial charge is 0.396 e. The molecule has 3 heterocycles. The van der Waals surface area contributed by atoms with Crippen LogP contribution in [0.5, 0.6) is 0 Å². The fourth-order valence-electron chi connectivity index (χ4n) is 4.64. The van der Waals surface area contributed by atoms with Crippen molar-refractivity contribution in [2.24, 2.45) is 11.3 Å². The summed E-state index contributed by atoms with van der Waals surface area (Å²) in [4.78, 5) is 16.6. The first-order valence-corrected chi connectivity index (χ1v) is 10.1. The Morgan fingerprint density at radius 3 is 2.59 bits per heavy atom. The Kier molecular flexibility index (Phi) is 6.55. The number of nitrogens with zero attached hydrogens (tertiary/aromatic N) is 3. The number of hydrogen-bond donors (Lipinski definition) is 1. The molecule has 0 saturated carbocycles. The lowest BCUT2D eigenvalue weighted by Crippen LogP contribution is -2.55. The van der Waals surface area contributed by atoms with Crippen molar-refractivity contribution in [2.45, 2.75) is 46.6 Å². The van der Waals surface area contributed by atoms with Crippen molar-refractivity contribution in [2.75, 3.05) is 46.0 Å². The molecule has 7 nitrogen and oxygen atoms in total. The molecule has 1 N–H and O–H groups in total. The van der Waals surface area contributed by atoms with Gasteiger partial charge in [0, 0.05) is 44.3 Å². The average molecular weight is 380 g/mol. The molecule has 27 heavy (non-hydrogen) atoms. The molecule has 1 amide bonds. The molecule has 1 atom stereocenters. The lowest BCUT2D eigenvalue weighted by atomic mass is 9.64. The summed E-state index contributed by atoms with van der Waals surface area (Å²) in [5.41, 5.74) is 2.31. The van der Waals surface area contributed by atoms with E-state index in [4.69, 9.17) is 9.26 Å². The maximum Gasteiger partial charge on any atom is 0.248 e. The standard InChI is InChI=1S/C20H33N3O4/c1-4-26-14-19(25)23-10-7-20(17(11-23)13-24)5-8-22(9-6-20)12-18-15(2)21-27-16(18)3/h17,24H,4-14H2,1-3H3/t17-/m0/s1. The Hall–Kier alpha value is -1.44. The second-order valence-corrected chi connectivity index (χ2v) is 8.05. The molecule has 0 bridgehead atoms. The molecule has 0 unspecified atom stereocenters. The number of aromatic nitrogens is 1. The molecule has 0 aromatic carbocycles. The predicted octanol–water partition coefficient (Wildman–Crippen LogP) is 1.75. The Labute approximate surface area is 161 Å². The number of rotatable bonds is 6. The zero-order valence-corrected chi connectivity index (χ0v) is 16.9. The molecule has 7 heteroatoms. The van der Waals surface area contributed by atoms with E-state index in [-0.39, 0.29) is 30.5 Å². The number of aliphatic hydroxyl groups is 1. The summed E-state index contributed by atoms with van der Waals surface area (Å²) in [6.45, 7) is 11.0. The van der Waals surface area contributed by atoms with Gasteiger partial charge in [0.2, 0.25) is 5.91 Å². The van der Waals surface area contributed by atoms with Gasteiger partial charge in [0.1, 0.15) is 12.4 Å². The second kappa shape index (κ2) is 8.71. The van der Waals surface area contributed by atoms with Crippen molar-refractivity contribution in [3.8, 4) is 0 Å². The minimum atomic E-state index is 0.0426. The highest BCUT2D eigenvalue weighted by molar-refractivity contribution is 5.77. The van der Waals surface area contributed by atoms with Crippen LogP contribution in [0.3, 0.4) is 0 Å².